The number of piperazine rings is 1. The Hall–Kier alpha value is -1.27. The zero-order valence-corrected chi connectivity index (χ0v) is 14.4. The molecule has 0 amide bonds. The molecule has 1 aromatic carbocycles. The molecule has 0 saturated carbocycles. The van der Waals surface area contributed by atoms with E-state index in [0.717, 1.165) is 36.3 Å². The van der Waals surface area contributed by atoms with Crippen LogP contribution in [0.3, 0.4) is 0 Å². The SMILES string of the molecule is CC(C)(C)N1CCN(c2ccc(/C(N)=N/O)cc2Br)CC1. The van der Waals surface area contributed by atoms with E-state index in [1.54, 1.807) is 0 Å². The quantitative estimate of drug-likeness (QED) is 0.370. The lowest BCUT2D eigenvalue weighted by atomic mass is 10.0. The average molecular weight is 355 g/mol. The molecule has 1 aliphatic rings. The molecule has 0 unspecified atom stereocenters. The van der Waals surface area contributed by atoms with Crippen LogP contribution in [0.25, 0.3) is 0 Å². The minimum absolute atomic E-state index is 0.125. The van der Waals surface area contributed by atoms with Gasteiger partial charge < -0.3 is 15.8 Å². The number of nitrogens with zero attached hydrogens (tertiary/aromatic N) is 3. The van der Waals surface area contributed by atoms with Crippen molar-refractivity contribution in [2.24, 2.45) is 10.9 Å². The summed E-state index contributed by atoms with van der Waals surface area (Å²) in [5, 5.41) is 11.8. The molecule has 1 fully saturated rings. The highest BCUT2D eigenvalue weighted by Gasteiger charge is 2.26. The molecule has 0 aliphatic carbocycles. The van der Waals surface area contributed by atoms with E-state index in [4.69, 9.17) is 10.9 Å². The number of oxime groups is 1. The van der Waals surface area contributed by atoms with Gasteiger partial charge in [0.2, 0.25) is 0 Å². The standard InChI is InChI=1S/C15H23BrN4O/c1-15(2,3)20-8-6-19(7-9-20)13-5-4-11(10-12(13)16)14(17)18-21/h4-5,10,21H,6-9H2,1-3H3,(H2,17,18). The fourth-order valence-corrected chi connectivity index (χ4v) is 3.23. The minimum Gasteiger partial charge on any atom is -0.409 e. The van der Waals surface area contributed by atoms with Crippen molar-refractivity contribution >= 4 is 27.5 Å². The number of benzene rings is 1. The van der Waals surface area contributed by atoms with Crippen molar-refractivity contribution in [1.82, 2.24) is 4.90 Å². The van der Waals surface area contributed by atoms with Crippen LogP contribution in [0.5, 0.6) is 0 Å². The zero-order chi connectivity index (χ0) is 15.6. The zero-order valence-electron chi connectivity index (χ0n) is 12.8. The molecule has 3 N–H and O–H groups in total. The minimum atomic E-state index is 0.125. The van der Waals surface area contributed by atoms with Gasteiger partial charge in [0.25, 0.3) is 0 Å². The third kappa shape index (κ3) is 3.68. The number of amidine groups is 1. The first-order valence-corrected chi connectivity index (χ1v) is 7.89. The fraction of sp³-hybridized carbons (Fsp3) is 0.533. The predicted octanol–water partition coefficient (Wildman–Crippen LogP) is 2.46. The second-order valence-electron chi connectivity index (χ2n) is 6.30. The summed E-state index contributed by atoms with van der Waals surface area (Å²) in [5.74, 6) is 0.125. The van der Waals surface area contributed by atoms with Crippen LogP contribution in [0.15, 0.2) is 27.8 Å². The van der Waals surface area contributed by atoms with Crippen LogP contribution in [0, 0.1) is 0 Å². The van der Waals surface area contributed by atoms with E-state index in [9.17, 15) is 0 Å². The van der Waals surface area contributed by atoms with Gasteiger partial charge in [-0.15, -0.1) is 0 Å². The molecule has 6 heteroatoms. The Kier molecular flexibility index (Phi) is 4.78. The highest BCUT2D eigenvalue weighted by Crippen LogP contribution is 2.29. The molecule has 1 aliphatic heterocycles. The number of nitrogens with two attached hydrogens (primary N) is 1. The normalized spacial score (nSPS) is 18.1. The molecule has 2 rings (SSSR count). The maximum absolute atomic E-state index is 8.73. The van der Waals surface area contributed by atoms with Gasteiger partial charge in [-0.3, -0.25) is 4.90 Å². The molecule has 21 heavy (non-hydrogen) atoms. The van der Waals surface area contributed by atoms with Crippen LogP contribution in [0.4, 0.5) is 5.69 Å². The van der Waals surface area contributed by atoms with E-state index in [2.05, 4.69) is 51.7 Å². The summed E-state index contributed by atoms with van der Waals surface area (Å²) in [6, 6.07) is 5.79. The van der Waals surface area contributed by atoms with Gasteiger partial charge >= 0.3 is 0 Å². The molecule has 0 radical (unpaired) electrons. The molecule has 0 aromatic heterocycles. The van der Waals surface area contributed by atoms with E-state index in [1.807, 2.05) is 18.2 Å². The maximum Gasteiger partial charge on any atom is 0.170 e. The van der Waals surface area contributed by atoms with Crippen molar-refractivity contribution in [3.8, 4) is 0 Å². The third-order valence-corrected chi connectivity index (χ3v) is 4.56. The summed E-state index contributed by atoms with van der Waals surface area (Å²) < 4.78 is 0.968. The molecule has 0 atom stereocenters. The van der Waals surface area contributed by atoms with Crippen LogP contribution in [0.2, 0.25) is 0 Å². The molecule has 116 valence electrons. The van der Waals surface area contributed by atoms with Gasteiger partial charge in [-0.2, -0.15) is 0 Å². The van der Waals surface area contributed by atoms with Crippen molar-refractivity contribution in [1.29, 1.82) is 0 Å². The molecule has 1 heterocycles. The maximum atomic E-state index is 8.73. The third-order valence-electron chi connectivity index (χ3n) is 3.92. The largest absolute Gasteiger partial charge is 0.409 e. The van der Waals surface area contributed by atoms with Crippen LogP contribution in [0.1, 0.15) is 26.3 Å². The monoisotopic (exact) mass is 354 g/mol. The van der Waals surface area contributed by atoms with Gasteiger partial charge in [0.1, 0.15) is 0 Å². The van der Waals surface area contributed by atoms with Gasteiger partial charge in [-0.25, -0.2) is 0 Å². The Morgan fingerprint density at radius 3 is 2.33 bits per heavy atom. The van der Waals surface area contributed by atoms with E-state index in [0.29, 0.717) is 5.56 Å². The Bertz CT molecular complexity index is 531. The lowest BCUT2D eigenvalue weighted by Crippen LogP contribution is -2.53. The summed E-state index contributed by atoms with van der Waals surface area (Å²) >= 11 is 3.59. The number of rotatable bonds is 2. The Morgan fingerprint density at radius 2 is 1.86 bits per heavy atom. The highest BCUT2D eigenvalue weighted by atomic mass is 79.9. The second-order valence-corrected chi connectivity index (χ2v) is 7.15. The Labute approximate surface area is 134 Å². The van der Waals surface area contributed by atoms with Crippen molar-refractivity contribution in [2.45, 2.75) is 26.3 Å². The summed E-state index contributed by atoms with van der Waals surface area (Å²) in [5.41, 5.74) is 7.70. The van der Waals surface area contributed by atoms with E-state index >= 15 is 0 Å². The first-order chi connectivity index (χ1) is 9.82. The van der Waals surface area contributed by atoms with Gasteiger partial charge in [-0.1, -0.05) is 5.16 Å². The number of hydrogen-bond acceptors (Lipinski definition) is 4. The van der Waals surface area contributed by atoms with Crippen LogP contribution >= 0.6 is 15.9 Å². The van der Waals surface area contributed by atoms with Gasteiger partial charge in [0, 0.05) is 41.8 Å². The molecular weight excluding hydrogens is 332 g/mol. The van der Waals surface area contributed by atoms with Gasteiger partial charge in [0.15, 0.2) is 5.84 Å². The summed E-state index contributed by atoms with van der Waals surface area (Å²) in [7, 11) is 0. The van der Waals surface area contributed by atoms with Crippen molar-refractivity contribution in [2.75, 3.05) is 31.1 Å². The van der Waals surface area contributed by atoms with Crippen LogP contribution in [-0.2, 0) is 0 Å². The van der Waals surface area contributed by atoms with E-state index in [-0.39, 0.29) is 11.4 Å². The van der Waals surface area contributed by atoms with Crippen molar-refractivity contribution < 1.29 is 5.21 Å². The number of halogens is 1. The van der Waals surface area contributed by atoms with Crippen molar-refractivity contribution in [3.63, 3.8) is 0 Å². The molecule has 0 spiro atoms. The number of hydrogen-bond donors (Lipinski definition) is 2. The summed E-state index contributed by atoms with van der Waals surface area (Å²) in [4.78, 5) is 4.87. The van der Waals surface area contributed by atoms with E-state index in [1.165, 1.54) is 0 Å². The van der Waals surface area contributed by atoms with Crippen LogP contribution in [-0.4, -0.2) is 47.7 Å². The first-order valence-electron chi connectivity index (χ1n) is 7.10. The summed E-state index contributed by atoms with van der Waals surface area (Å²) in [6.07, 6.45) is 0. The Balaban J connectivity index is 2.11. The smallest absolute Gasteiger partial charge is 0.170 e. The lowest BCUT2D eigenvalue weighted by molar-refractivity contribution is 0.128. The lowest BCUT2D eigenvalue weighted by Gasteiger charge is -2.43. The average Bonchev–Trinajstić information content (AvgIpc) is 2.45. The topological polar surface area (TPSA) is 65.1 Å². The first kappa shape index (κ1) is 16.1. The van der Waals surface area contributed by atoms with Gasteiger partial charge in [-0.05, 0) is 54.9 Å². The fourth-order valence-electron chi connectivity index (χ4n) is 2.60. The predicted molar refractivity (Wildman–Crippen MR) is 90.2 cm³/mol. The molecular formula is C15H23BrN4O. The second kappa shape index (κ2) is 6.23. The highest BCUT2D eigenvalue weighted by molar-refractivity contribution is 9.10. The van der Waals surface area contributed by atoms with Crippen molar-refractivity contribution in [3.05, 3.63) is 28.2 Å². The summed E-state index contributed by atoms with van der Waals surface area (Å²) in [6.45, 7) is 10.9. The van der Waals surface area contributed by atoms with Crippen LogP contribution < -0.4 is 10.6 Å². The molecule has 5 nitrogen and oxygen atoms in total. The number of anilines is 1. The molecule has 1 saturated heterocycles. The Morgan fingerprint density at radius 1 is 1.24 bits per heavy atom. The molecule has 0 bridgehead atoms. The van der Waals surface area contributed by atoms with Gasteiger partial charge in [0.05, 0.1) is 5.69 Å². The molecule has 1 aromatic rings. The van der Waals surface area contributed by atoms with E-state index < -0.39 is 0 Å².